The Morgan fingerprint density at radius 2 is 2.36 bits per heavy atom. The van der Waals surface area contributed by atoms with Crippen LogP contribution >= 0.6 is 15.9 Å². The summed E-state index contributed by atoms with van der Waals surface area (Å²) in [7, 11) is 0. The van der Waals surface area contributed by atoms with Crippen molar-refractivity contribution in [2.45, 2.75) is 19.8 Å². The van der Waals surface area contributed by atoms with Gasteiger partial charge in [0.15, 0.2) is 0 Å². The summed E-state index contributed by atoms with van der Waals surface area (Å²) in [4.78, 5) is 8.62. The number of pyridine rings is 1. The zero-order valence-electron chi connectivity index (χ0n) is 8.20. The van der Waals surface area contributed by atoms with Gasteiger partial charge >= 0.3 is 0 Å². The van der Waals surface area contributed by atoms with E-state index in [-0.39, 0.29) is 0 Å². The normalized spacial score (nSPS) is 18.7. The molecule has 0 unspecified atom stereocenters. The van der Waals surface area contributed by atoms with Crippen molar-refractivity contribution in [2.24, 2.45) is 10.4 Å². The molecule has 0 radical (unpaired) electrons. The second kappa shape index (κ2) is 3.81. The minimum atomic E-state index is 0.492. The molecule has 14 heavy (non-hydrogen) atoms. The van der Waals surface area contributed by atoms with Crippen LogP contribution in [-0.4, -0.2) is 17.7 Å². The van der Waals surface area contributed by atoms with E-state index in [0.717, 1.165) is 16.7 Å². The first-order valence-corrected chi connectivity index (χ1v) is 5.59. The third-order valence-corrected chi connectivity index (χ3v) is 3.02. The summed E-state index contributed by atoms with van der Waals surface area (Å²) in [5, 5.41) is 0. The standard InChI is InChI=1S/C11H13BrN2/c1-11(4-5-11)8-13-7-10-3-2-9(12)6-14-10/h2-3,6-7H,4-5,8H2,1H3. The molecule has 0 atom stereocenters. The number of hydrogen-bond acceptors (Lipinski definition) is 2. The molecule has 0 amide bonds. The number of hydrogen-bond donors (Lipinski definition) is 0. The minimum Gasteiger partial charge on any atom is -0.290 e. The quantitative estimate of drug-likeness (QED) is 0.760. The summed E-state index contributed by atoms with van der Waals surface area (Å²) >= 11 is 3.35. The van der Waals surface area contributed by atoms with E-state index >= 15 is 0 Å². The van der Waals surface area contributed by atoms with Crippen LogP contribution < -0.4 is 0 Å². The van der Waals surface area contributed by atoms with Crippen LogP contribution in [0.4, 0.5) is 0 Å². The van der Waals surface area contributed by atoms with E-state index in [4.69, 9.17) is 0 Å². The summed E-state index contributed by atoms with van der Waals surface area (Å²) in [5.74, 6) is 0. The van der Waals surface area contributed by atoms with Crippen molar-refractivity contribution in [3.63, 3.8) is 0 Å². The lowest BCUT2D eigenvalue weighted by atomic mass is 10.1. The molecular formula is C11H13BrN2. The van der Waals surface area contributed by atoms with Gasteiger partial charge in [-0.15, -0.1) is 0 Å². The van der Waals surface area contributed by atoms with Gasteiger partial charge in [-0.05, 0) is 46.3 Å². The Labute approximate surface area is 92.6 Å². The molecule has 0 saturated heterocycles. The van der Waals surface area contributed by atoms with Crippen LogP contribution in [0.3, 0.4) is 0 Å². The number of halogens is 1. The van der Waals surface area contributed by atoms with Gasteiger partial charge in [0.25, 0.3) is 0 Å². The molecule has 0 N–H and O–H groups in total. The van der Waals surface area contributed by atoms with E-state index in [0.29, 0.717) is 5.41 Å². The van der Waals surface area contributed by atoms with E-state index in [1.54, 1.807) is 6.20 Å². The Kier molecular flexibility index (Phi) is 2.68. The topological polar surface area (TPSA) is 25.2 Å². The van der Waals surface area contributed by atoms with Crippen LogP contribution in [0.5, 0.6) is 0 Å². The van der Waals surface area contributed by atoms with Gasteiger partial charge in [-0.25, -0.2) is 0 Å². The third-order valence-electron chi connectivity index (χ3n) is 2.55. The molecule has 0 spiro atoms. The van der Waals surface area contributed by atoms with E-state index in [2.05, 4.69) is 32.8 Å². The van der Waals surface area contributed by atoms with Crippen molar-refractivity contribution >= 4 is 22.1 Å². The molecule has 74 valence electrons. The SMILES string of the molecule is CC1(CN=Cc2ccc(Br)cn2)CC1. The van der Waals surface area contributed by atoms with Crippen LogP contribution in [0.25, 0.3) is 0 Å². The number of aliphatic imine (C=N–C) groups is 1. The molecule has 0 aliphatic heterocycles. The average molecular weight is 253 g/mol. The van der Waals surface area contributed by atoms with Gasteiger partial charge in [-0.3, -0.25) is 9.98 Å². The van der Waals surface area contributed by atoms with Crippen molar-refractivity contribution in [2.75, 3.05) is 6.54 Å². The van der Waals surface area contributed by atoms with E-state index in [1.807, 2.05) is 18.3 Å². The maximum atomic E-state index is 4.40. The summed E-state index contributed by atoms with van der Waals surface area (Å²) in [6.45, 7) is 3.21. The first-order valence-electron chi connectivity index (χ1n) is 4.79. The number of nitrogens with zero attached hydrogens (tertiary/aromatic N) is 2. The lowest BCUT2D eigenvalue weighted by molar-refractivity contribution is 0.591. The fourth-order valence-corrected chi connectivity index (χ4v) is 1.43. The fraction of sp³-hybridized carbons (Fsp3) is 0.455. The van der Waals surface area contributed by atoms with Gasteiger partial charge in [0.2, 0.25) is 0 Å². The Bertz CT molecular complexity index is 339. The molecule has 1 aromatic rings. The van der Waals surface area contributed by atoms with Crippen LogP contribution in [0.1, 0.15) is 25.5 Å². The maximum Gasteiger partial charge on any atom is 0.0808 e. The van der Waals surface area contributed by atoms with Gasteiger partial charge in [0.1, 0.15) is 0 Å². The molecule has 1 saturated carbocycles. The third kappa shape index (κ3) is 2.64. The maximum absolute atomic E-state index is 4.40. The van der Waals surface area contributed by atoms with Crippen LogP contribution in [0, 0.1) is 5.41 Å². The molecule has 1 fully saturated rings. The predicted molar refractivity (Wildman–Crippen MR) is 61.7 cm³/mol. The molecule has 1 aliphatic rings. The Balaban J connectivity index is 1.93. The van der Waals surface area contributed by atoms with Crippen molar-refractivity contribution in [3.8, 4) is 0 Å². The molecule has 1 aromatic heterocycles. The van der Waals surface area contributed by atoms with Crippen LogP contribution in [-0.2, 0) is 0 Å². The number of aromatic nitrogens is 1. The molecular weight excluding hydrogens is 240 g/mol. The summed E-state index contributed by atoms with van der Waals surface area (Å²) in [6.07, 6.45) is 6.28. The largest absolute Gasteiger partial charge is 0.290 e. The second-order valence-electron chi connectivity index (χ2n) is 4.18. The van der Waals surface area contributed by atoms with E-state index in [1.165, 1.54) is 12.8 Å². The molecule has 1 heterocycles. The van der Waals surface area contributed by atoms with Gasteiger partial charge in [0, 0.05) is 23.4 Å². The lowest BCUT2D eigenvalue weighted by Crippen LogP contribution is -1.98. The first kappa shape index (κ1) is 9.84. The Hall–Kier alpha value is -0.700. The number of rotatable bonds is 3. The molecule has 0 aromatic carbocycles. The van der Waals surface area contributed by atoms with Gasteiger partial charge in [0.05, 0.1) is 5.69 Å². The molecule has 0 bridgehead atoms. The average Bonchev–Trinajstić information content (AvgIpc) is 2.88. The van der Waals surface area contributed by atoms with Crippen molar-refractivity contribution in [1.29, 1.82) is 0 Å². The summed E-state index contributed by atoms with van der Waals surface area (Å²) < 4.78 is 1.00. The van der Waals surface area contributed by atoms with Crippen LogP contribution in [0.15, 0.2) is 27.8 Å². The monoisotopic (exact) mass is 252 g/mol. The highest BCUT2D eigenvalue weighted by Gasteiger charge is 2.36. The fourth-order valence-electron chi connectivity index (χ4n) is 1.19. The Morgan fingerprint density at radius 3 is 2.93 bits per heavy atom. The lowest BCUT2D eigenvalue weighted by Gasteiger charge is -2.00. The molecule has 2 rings (SSSR count). The minimum absolute atomic E-state index is 0.492. The predicted octanol–water partition coefficient (Wildman–Crippen LogP) is 3.06. The highest BCUT2D eigenvalue weighted by atomic mass is 79.9. The van der Waals surface area contributed by atoms with Gasteiger partial charge in [-0.2, -0.15) is 0 Å². The summed E-state index contributed by atoms with van der Waals surface area (Å²) in [6, 6.07) is 3.94. The van der Waals surface area contributed by atoms with Gasteiger partial charge < -0.3 is 0 Å². The first-order chi connectivity index (χ1) is 6.68. The zero-order valence-corrected chi connectivity index (χ0v) is 9.79. The highest BCUT2D eigenvalue weighted by Crippen LogP contribution is 2.44. The Morgan fingerprint density at radius 1 is 1.57 bits per heavy atom. The molecule has 1 aliphatic carbocycles. The van der Waals surface area contributed by atoms with Crippen LogP contribution in [0.2, 0.25) is 0 Å². The van der Waals surface area contributed by atoms with Crippen molar-refractivity contribution in [1.82, 2.24) is 4.98 Å². The smallest absolute Gasteiger partial charge is 0.0808 e. The zero-order chi connectivity index (χ0) is 10.0. The van der Waals surface area contributed by atoms with E-state index in [9.17, 15) is 0 Å². The summed E-state index contributed by atoms with van der Waals surface area (Å²) in [5.41, 5.74) is 1.42. The van der Waals surface area contributed by atoms with Gasteiger partial charge in [-0.1, -0.05) is 6.92 Å². The molecule has 2 nitrogen and oxygen atoms in total. The highest BCUT2D eigenvalue weighted by molar-refractivity contribution is 9.10. The molecule has 3 heteroatoms. The van der Waals surface area contributed by atoms with Crippen molar-refractivity contribution in [3.05, 3.63) is 28.5 Å². The van der Waals surface area contributed by atoms with E-state index < -0.39 is 0 Å². The van der Waals surface area contributed by atoms with Crippen molar-refractivity contribution < 1.29 is 0 Å². The second-order valence-corrected chi connectivity index (χ2v) is 5.10.